The minimum atomic E-state index is 0.0592. The minimum Gasteiger partial charge on any atom is -0.394 e. The second-order valence-corrected chi connectivity index (χ2v) is 6.21. The molecule has 6 heteroatoms. The fraction of sp³-hybridized carbons (Fsp3) is 0.412. The van der Waals surface area contributed by atoms with E-state index in [1.165, 1.54) is 0 Å². The molecule has 3 rings (SSSR count). The van der Waals surface area contributed by atoms with E-state index in [0.29, 0.717) is 23.0 Å². The highest BCUT2D eigenvalue weighted by Gasteiger charge is 2.26. The van der Waals surface area contributed by atoms with Crippen molar-refractivity contribution in [2.75, 3.05) is 19.7 Å². The van der Waals surface area contributed by atoms with Gasteiger partial charge < -0.3 is 10.0 Å². The zero-order chi connectivity index (χ0) is 16.2. The normalized spacial score (nSPS) is 15.8. The molecule has 1 aliphatic rings. The quantitative estimate of drug-likeness (QED) is 0.935. The van der Waals surface area contributed by atoms with Crippen LogP contribution in [-0.4, -0.2) is 45.4 Å². The Kier molecular flexibility index (Phi) is 4.98. The third-order valence-electron chi connectivity index (χ3n) is 4.35. The van der Waals surface area contributed by atoms with Gasteiger partial charge in [-0.3, -0.25) is 9.48 Å². The van der Waals surface area contributed by atoms with Crippen LogP contribution in [0.4, 0.5) is 0 Å². The molecule has 0 aliphatic carbocycles. The number of likely N-dealkylation sites (tertiary alicyclic amines) is 1. The molecule has 5 nitrogen and oxygen atoms in total. The topological polar surface area (TPSA) is 58.4 Å². The van der Waals surface area contributed by atoms with Crippen molar-refractivity contribution >= 4 is 17.5 Å². The van der Waals surface area contributed by atoms with E-state index in [4.69, 9.17) is 16.7 Å². The van der Waals surface area contributed by atoms with Gasteiger partial charge in [0.15, 0.2) is 0 Å². The van der Waals surface area contributed by atoms with Crippen molar-refractivity contribution in [2.45, 2.75) is 25.3 Å². The molecule has 0 atom stereocenters. The SMILES string of the molecule is O=C(c1ccc(Cl)cc1)N1CCC(c2ccnn2CCO)CC1. The Morgan fingerprint density at radius 3 is 2.57 bits per heavy atom. The van der Waals surface area contributed by atoms with E-state index >= 15 is 0 Å². The summed E-state index contributed by atoms with van der Waals surface area (Å²) in [5.41, 5.74) is 1.83. The van der Waals surface area contributed by atoms with Gasteiger partial charge >= 0.3 is 0 Å². The molecule has 1 amide bonds. The van der Waals surface area contributed by atoms with Crippen LogP contribution in [-0.2, 0) is 6.54 Å². The molecule has 0 unspecified atom stereocenters. The molecule has 1 aromatic heterocycles. The number of hydrogen-bond donors (Lipinski definition) is 1. The number of hydrogen-bond acceptors (Lipinski definition) is 3. The lowest BCUT2D eigenvalue weighted by Gasteiger charge is -2.32. The first-order valence-electron chi connectivity index (χ1n) is 7.86. The van der Waals surface area contributed by atoms with Crippen molar-refractivity contribution in [3.05, 3.63) is 52.8 Å². The second-order valence-electron chi connectivity index (χ2n) is 5.78. The molecule has 23 heavy (non-hydrogen) atoms. The molecule has 0 saturated carbocycles. The zero-order valence-corrected chi connectivity index (χ0v) is 13.6. The number of amides is 1. The van der Waals surface area contributed by atoms with Gasteiger partial charge in [0.25, 0.3) is 5.91 Å². The lowest BCUT2D eigenvalue weighted by atomic mass is 9.93. The summed E-state index contributed by atoms with van der Waals surface area (Å²) in [5, 5.41) is 14.0. The van der Waals surface area contributed by atoms with Gasteiger partial charge in [-0.1, -0.05) is 11.6 Å². The Morgan fingerprint density at radius 2 is 1.91 bits per heavy atom. The fourth-order valence-corrected chi connectivity index (χ4v) is 3.25. The van der Waals surface area contributed by atoms with Crippen LogP contribution in [0, 0.1) is 0 Å². The molecule has 0 spiro atoms. The number of aliphatic hydroxyl groups excluding tert-OH is 1. The molecule has 2 heterocycles. The summed E-state index contributed by atoms with van der Waals surface area (Å²) in [6.45, 7) is 2.07. The largest absolute Gasteiger partial charge is 0.394 e. The molecule has 1 aliphatic heterocycles. The van der Waals surface area contributed by atoms with E-state index in [1.807, 2.05) is 15.6 Å². The summed E-state index contributed by atoms with van der Waals surface area (Å²) in [7, 11) is 0. The molecule has 0 radical (unpaired) electrons. The molecule has 2 aromatic rings. The lowest BCUT2D eigenvalue weighted by molar-refractivity contribution is 0.0711. The first-order chi connectivity index (χ1) is 11.2. The van der Waals surface area contributed by atoms with Crippen LogP contribution in [0.15, 0.2) is 36.5 Å². The number of aliphatic hydroxyl groups is 1. The van der Waals surface area contributed by atoms with Crippen LogP contribution in [0.2, 0.25) is 5.02 Å². The predicted molar refractivity (Wildman–Crippen MR) is 88.6 cm³/mol. The van der Waals surface area contributed by atoms with E-state index in [0.717, 1.165) is 31.6 Å². The molecule has 1 N–H and O–H groups in total. The third-order valence-corrected chi connectivity index (χ3v) is 4.60. The first kappa shape index (κ1) is 16.0. The fourth-order valence-electron chi connectivity index (χ4n) is 3.12. The molecule has 0 bridgehead atoms. The summed E-state index contributed by atoms with van der Waals surface area (Å²) in [5.74, 6) is 0.447. The number of aromatic nitrogens is 2. The predicted octanol–water partition coefficient (Wildman–Crippen LogP) is 2.55. The van der Waals surface area contributed by atoms with Gasteiger partial charge in [0, 0.05) is 41.5 Å². The molecule has 1 saturated heterocycles. The highest BCUT2D eigenvalue weighted by Crippen LogP contribution is 2.28. The second kappa shape index (κ2) is 7.15. The van der Waals surface area contributed by atoms with Crippen LogP contribution in [0.5, 0.6) is 0 Å². The summed E-state index contributed by atoms with van der Waals surface area (Å²) in [4.78, 5) is 14.4. The van der Waals surface area contributed by atoms with Crippen molar-refractivity contribution in [3.8, 4) is 0 Å². The van der Waals surface area contributed by atoms with E-state index in [9.17, 15) is 4.79 Å². The van der Waals surface area contributed by atoms with Crippen molar-refractivity contribution in [3.63, 3.8) is 0 Å². The number of nitrogens with zero attached hydrogens (tertiary/aromatic N) is 3. The zero-order valence-electron chi connectivity index (χ0n) is 12.9. The summed E-state index contributed by atoms with van der Waals surface area (Å²) in [6, 6.07) is 9.04. The van der Waals surface area contributed by atoms with E-state index in [2.05, 4.69) is 5.10 Å². The first-order valence-corrected chi connectivity index (χ1v) is 8.24. The number of carbonyl (C=O) groups excluding carboxylic acids is 1. The number of carbonyl (C=O) groups is 1. The number of benzene rings is 1. The van der Waals surface area contributed by atoms with Crippen molar-refractivity contribution in [1.29, 1.82) is 0 Å². The highest BCUT2D eigenvalue weighted by molar-refractivity contribution is 6.30. The Labute approximate surface area is 140 Å². The maximum atomic E-state index is 12.5. The van der Waals surface area contributed by atoms with Crippen LogP contribution in [0.3, 0.4) is 0 Å². The van der Waals surface area contributed by atoms with Gasteiger partial charge in [-0.25, -0.2) is 0 Å². The van der Waals surface area contributed by atoms with Gasteiger partial charge in [-0.2, -0.15) is 5.10 Å². The van der Waals surface area contributed by atoms with Gasteiger partial charge in [0.2, 0.25) is 0 Å². The Morgan fingerprint density at radius 1 is 1.22 bits per heavy atom. The Bertz CT molecular complexity index is 661. The van der Waals surface area contributed by atoms with Crippen LogP contribution < -0.4 is 0 Å². The average Bonchev–Trinajstić information content (AvgIpc) is 3.04. The highest BCUT2D eigenvalue weighted by atomic mass is 35.5. The van der Waals surface area contributed by atoms with E-state index < -0.39 is 0 Å². The number of rotatable bonds is 4. The van der Waals surface area contributed by atoms with Gasteiger partial charge in [-0.05, 0) is 43.2 Å². The minimum absolute atomic E-state index is 0.0592. The number of halogens is 1. The smallest absolute Gasteiger partial charge is 0.253 e. The average molecular weight is 334 g/mol. The van der Waals surface area contributed by atoms with E-state index in [1.54, 1.807) is 30.5 Å². The van der Waals surface area contributed by atoms with Gasteiger partial charge in [0.1, 0.15) is 0 Å². The third kappa shape index (κ3) is 3.57. The van der Waals surface area contributed by atoms with Crippen molar-refractivity contribution in [1.82, 2.24) is 14.7 Å². The van der Waals surface area contributed by atoms with Crippen LogP contribution >= 0.6 is 11.6 Å². The van der Waals surface area contributed by atoms with Crippen molar-refractivity contribution in [2.24, 2.45) is 0 Å². The summed E-state index contributed by atoms with van der Waals surface area (Å²) < 4.78 is 1.86. The standard InChI is InChI=1S/C17H20ClN3O2/c18-15-3-1-14(2-4-15)17(23)20-9-6-13(7-10-20)16-5-8-19-21(16)11-12-22/h1-5,8,13,22H,6-7,9-12H2. The van der Waals surface area contributed by atoms with E-state index in [-0.39, 0.29) is 12.5 Å². The Hall–Kier alpha value is -1.85. The number of piperidine rings is 1. The summed E-state index contributed by atoms with van der Waals surface area (Å²) >= 11 is 5.87. The lowest BCUT2D eigenvalue weighted by Crippen LogP contribution is -2.38. The summed E-state index contributed by atoms with van der Waals surface area (Å²) in [6.07, 6.45) is 3.60. The monoisotopic (exact) mass is 333 g/mol. The maximum Gasteiger partial charge on any atom is 0.253 e. The van der Waals surface area contributed by atoms with Crippen molar-refractivity contribution < 1.29 is 9.90 Å². The molecule has 1 aromatic carbocycles. The molecule has 122 valence electrons. The van der Waals surface area contributed by atoms with Gasteiger partial charge in [-0.15, -0.1) is 0 Å². The van der Waals surface area contributed by atoms with Crippen LogP contribution in [0.25, 0.3) is 0 Å². The Balaban J connectivity index is 1.63. The molecular formula is C17H20ClN3O2. The molecular weight excluding hydrogens is 314 g/mol. The van der Waals surface area contributed by atoms with Gasteiger partial charge in [0.05, 0.1) is 13.2 Å². The molecule has 1 fully saturated rings. The maximum absolute atomic E-state index is 12.5. The van der Waals surface area contributed by atoms with Crippen LogP contribution in [0.1, 0.15) is 34.8 Å².